The van der Waals surface area contributed by atoms with Gasteiger partial charge in [-0.05, 0) is 49.1 Å². The van der Waals surface area contributed by atoms with Crippen molar-refractivity contribution in [3.63, 3.8) is 0 Å². The van der Waals surface area contributed by atoms with Gasteiger partial charge < -0.3 is 10.4 Å². The van der Waals surface area contributed by atoms with Crippen molar-refractivity contribution < 1.29 is 5.11 Å². The first-order valence-electron chi connectivity index (χ1n) is 6.26. The highest BCUT2D eigenvalue weighted by Crippen LogP contribution is 2.21. The first-order valence-corrected chi connectivity index (χ1v) is 7.14. The standard InChI is InChI=1S/C13H21NOS/c1-2-10-7-8-16-13(10)9-14-11-3-5-12(15)6-4-11/h7-8,11-12,14-15H,2-6,9H2,1H3. The maximum absolute atomic E-state index is 9.44. The Bertz CT molecular complexity index is 315. The molecule has 1 aliphatic carbocycles. The minimum atomic E-state index is -0.0500. The fourth-order valence-electron chi connectivity index (χ4n) is 2.35. The van der Waals surface area contributed by atoms with Gasteiger partial charge in [-0.25, -0.2) is 0 Å². The maximum Gasteiger partial charge on any atom is 0.0541 e. The lowest BCUT2D eigenvalue weighted by Crippen LogP contribution is -2.34. The van der Waals surface area contributed by atoms with Crippen molar-refractivity contribution in [1.82, 2.24) is 5.32 Å². The fraction of sp³-hybridized carbons (Fsp3) is 0.692. The third kappa shape index (κ3) is 3.06. The van der Waals surface area contributed by atoms with Crippen LogP contribution in [0.5, 0.6) is 0 Å². The van der Waals surface area contributed by atoms with Crippen molar-refractivity contribution in [2.45, 2.75) is 57.7 Å². The lowest BCUT2D eigenvalue weighted by Gasteiger charge is -2.26. The number of thiophene rings is 1. The number of aryl methyl sites for hydroxylation is 1. The van der Waals surface area contributed by atoms with E-state index in [1.165, 1.54) is 10.4 Å². The van der Waals surface area contributed by atoms with Crippen molar-refractivity contribution in [2.24, 2.45) is 0 Å². The Morgan fingerprint density at radius 3 is 2.81 bits per heavy atom. The second-order valence-corrected chi connectivity index (χ2v) is 5.61. The van der Waals surface area contributed by atoms with E-state index >= 15 is 0 Å². The molecule has 0 radical (unpaired) electrons. The monoisotopic (exact) mass is 239 g/mol. The largest absolute Gasteiger partial charge is 0.393 e. The molecule has 3 heteroatoms. The van der Waals surface area contributed by atoms with E-state index in [4.69, 9.17) is 0 Å². The molecule has 0 saturated heterocycles. The van der Waals surface area contributed by atoms with Crippen LogP contribution in [0.4, 0.5) is 0 Å². The van der Waals surface area contributed by atoms with Gasteiger partial charge in [-0.2, -0.15) is 0 Å². The van der Waals surface area contributed by atoms with Crippen LogP contribution >= 0.6 is 11.3 Å². The topological polar surface area (TPSA) is 32.3 Å². The molecule has 1 heterocycles. The number of aliphatic hydroxyl groups is 1. The highest BCUT2D eigenvalue weighted by Gasteiger charge is 2.18. The van der Waals surface area contributed by atoms with Crippen LogP contribution in [0.25, 0.3) is 0 Å². The molecule has 0 bridgehead atoms. The van der Waals surface area contributed by atoms with Crippen molar-refractivity contribution in [1.29, 1.82) is 0 Å². The predicted octanol–water partition coefficient (Wildman–Crippen LogP) is 2.70. The Balaban J connectivity index is 1.79. The summed E-state index contributed by atoms with van der Waals surface area (Å²) in [5.41, 5.74) is 1.48. The summed E-state index contributed by atoms with van der Waals surface area (Å²) in [5, 5.41) is 15.2. The Labute approximate surface area is 102 Å². The first kappa shape index (κ1) is 12.1. The normalized spacial score (nSPS) is 25.9. The van der Waals surface area contributed by atoms with Crippen molar-refractivity contribution >= 4 is 11.3 Å². The summed E-state index contributed by atoms with van der Waals surface area (Å²) in [6.45, 7) is 3.21. The molecule has 1 aliphatic rings. The van der Waals surface area contributed by atoms with Gasteiger partial charge in [-0.15, -0.1) is 11.3 Å². The summed E-state index contributed by atoms with van der Waals surface area (Å²) in [7, 11) is 0. The van der Waals surface area contributed by atoms with E-state index in [2.05, 4.69) is 23.7 Å². The van der Waals surface area contributed by atoms with E-state index < -0.39 is 0 Å². The summed E-state index contributed by atoms with van der Waals surface area (Å²) < 4.78 is 0. The average Bonchev–Trinajstić information content (AvgIpc) is 2.76. The second kappa shape index (κ2) is 5.80. The van der Waals surface area contributed by atoms with Gasteiger partial charge in [0.2, 0.25) is 0 Å². The SMILES string of the molecule is CCc1ccsc1CNC1CCC(O)CC1. The molecule has 1 fully saturated rings. The summed E-state index contributed by atoms with van der Waals surface area (Å²) in [5.74, 6) is 0. The lowest BCUT2D eigenvalue weighted by molar-refractivity contribution is 0.116. The van der Waals surface area contributed by atoms with Crippen LogP contribution in [0.15, 0.2) is 11.4 Å². The molecule has 0 aromatic carbocycles. The molecular weight excluding hydrogens is 218 g/mol. The molecule has 1 saturated carbocycles. The molecule has 2 nitrogen and oxygen atoms in total. The van der Waals surface area contributed by atoms with Gasteiger partial charge >= 0.3 is 0 Å². The van der Waals surface area contributed by atoms with E-state index in [1.807, 2.05) is 11.3 Å². The summed E-state index contributed by atoms with van der Waals surface area (Å²) in [6, 6.07) is 2.84. The zero-order chi connectivity index (χ0) is 11.4. The number of hydrogen-bond donors (Lipinski definition) is 2. The van der Waals surface area contributed by atoms with Gasteiger partial charge in [0.15, 0.2) is 0 Å². The summed E-state index contributed by atoms with van der Waals surface area (Å²) >= 11 is 1.85. The Morgan fingerprint density at radius 1 is 1.38 bits per heavy atom. The van der Waals surface area contributed by atoms with Gasteiger partial charge in [0.05, 0.1) is 6.10 Å². The van der Waals surface area contributed by atoms with Gasteiger partial charge in [0, 0.05) is 17.5 Å². The Hall–Kier alpha value is -0.380. The van der Waals surface area contributed by atoms with Crippen LogP contribution in [0.2, 0.25) is 0 Å². The van der Waals surface area contributed by atoms with Gasteiger partial charge in [0.25, 0.3) is 0 Å². The van der Waals surface area contributed by atoms with Crippen LogP contribution in [-0.2, 0) is 13.0 Å². The molecule has 0 amide bonds. The van der Waals surface area contributed by atoms with Gasteiger partial charge in [-0.1, -0.05) is 6.92 Å². The molecule has 0 atom stereocenters. The zero-order valence-corrected chi connectivity index (χ0v) is 10.7. The van der Waals surface area contributed by atoms with E-state index in [0.29, 0.717) is 6.04 Å². The van der Waals surface area contributed by atoms with Gasteiger partial charge in [0.1, 0.15) is 0 Å². The van der Waals surface area contributed by atoms with Crippen LogP contribution in [0.1, 0.15) is 43.0 Å². The molecule has 0 spiro atoms. The van der Waals surface area contributed by atoms with E-state index in [1.54, 1.807) is 0 Å². The molecule has 2 rings (SSSR count). The van der Waals surface area contributed by atoms with Crippen LogP contribution < -0.4 is 5.32 Å². The highest BCUT2D eigenvalue weighted by molar-refractivity contribution is 7.10. The van der Waals surface area contributed by atoms with Gasteiger partial charge in [-0.3, -0.25) is 0 Å². The fourth-order valence-corrected chi connectivity index (χ4v) is 3.28. The third-order valence-corrected chi connectivity index (χ3v) is 4.43. The number of nitrogens with one attached hydrogen (secondary N) is 1. The summed E-state index contributed by atoms with van der Waals surface area (Å²) in [6.07, 6.45) is 5.24. The first-order chi connectivity index (χ1) is 7.79. The molecule has 2 N–H and O–H groups in total. The van der Waals surface area contributed by atoms with Crippen molar-refractivity contribution in [3.8, 4) is 0 Å². The minimum Gasteiger partial charge on any atom is -0.393 e. The highest BCUT2D eigenvalue weighted by atomic mass is 32.1. The van der Waals surface area contributed by atoms with E-state index in [0.717, 1.165) is 38.6 Å². The Kier molecular flexibility index (Phi) is 4.38. The Morgan fingerprint density at radius 2 is 2.12 bits per heavy atom. The molecule has 90 valence electrons. The molecule has 0 aliphatic heterocycles. The lowest BCUT2D eigenvalue weighted by atomic mass is 9.93. The average molecular weight is 239 g/mol. The van der Waals surface area contributed by atoms with Crippen LogP contribution in [-0.4, -0.2) is 17.3 Å². The quantitative estimate of drug-likeness (QED) is 0.846. The molecule has 1 aromatic rings. The maximum atomic E-state index is 9.44. The third-order valence-electron chi connectivity index (χ3n) is 3.47. The molecule has 1 aromatic heterocycles. The minimum absolute atomic E-state index is 0.0500. The molecule has 16 heavy (non-hydrogen) atoms. The number of aliphatic hydroxyl groups excluding tert-OH is 1. The predicted molar refractivity (Wildman–Crippen MR) is 68.8 cm³/mol. The van der Waals surface area contributed by atoms with E-state index in [9.17, 15) is 5.11 Å². The number of rotatable bonds is 4. The molecule has 0 unspecified atom stereocenters. The second-order valence-electron chi connectivity index (χ2n) is 4.61. The number of hydrogen-bond acceptors (Lipinski definition) is 3. The smallest absolute Gasteiger partial charge is 0.0541 e. The van der Waals surface area contributed by atoms with Crippen LogP contribution in [0.3, 0.4) is 0 Å². The summed E-state index contributed by atoms with van der Waals surface area (Å²) in [4.78, 5) is 1.48. The van der Waals surface area contributed by atoms with Crippen LogP contribution in [0, 0.1) is 0 Å². The van der Waals surface area contributed by atoms with E-state index in [-0.39, 0.29) is 6.10 Å². The molecular formula is C13H21NOS. The van der Waals surface area contributed by atoms with Crippen molar-refractivity contribution in [2.75, 3.05) is 0 Å². The zero-order valence-electron chi connectivity index (χ0n) is 9.91. The van der Waals surface area contributed by atoms with Crippen molar-refractivity contribution in [3.05, 3.63) is 21.9 Å².